The van der Waals surface area contributed by atoms with Crippen molar-refractivity contribution in [1.82, 2.24) is 10.2 Å². The summed E-state index contributed by atoms with van der Waals surface area (Å²) in [5.41, 5.74) is 2.73. The topological polar surface area (TPSA) is 68.0 Å². The average molecular weight is 400 g/mol. The van der Waals surface area contributed by atoms with Gasteiger partial charge in [-0.25, -0.2) is 0 Å². The van der Waals surface area contributed by atoms with E-state index in [0.717, 1.165) is 23.4 Å². The SMILES string of the molecule is Cc1nnc(SCC(=O)Nc2ccc(C34CCC5CC(CC(C5)C3)C4)cc2)o1.[HH]. The van der Waals surface area contributed by atoms with Crippen molar-refractivity contribution in [3.63, 3.8) is 0 Å². The first kappa shape index (κ1) is 18.2. The van der Waals surface area contributed by atoms with Crippen molar-refractivity contribution in [1.29, 1.82) is 0 Å². The maximum absolute atomic E-state index is 12.2. The Kier molecular flexibility index (Phi) is 4.69. The predicted octanol–water partition coefficient (Wildman–Crippen LogP) is 5.21. The lowest BCUT2D eigenvalue weighted by Gasteiger charge is -2.45. The summed E-state index contributed by atoms with van der Waals surface area (Å²) in [4.78, 5) is 12.2. The number of hydrogen-bond donors (Lipinski definition) is 1. The molecular formula is C22H29N3O2S. The molecule has 4 saturated carbocycles. The monoisotopic (exact) mass is 399 g/mol. The van der Waals surface area contributed by atoms with Gasteiger partial charge in [0.1, 0.15) is 0 Å². The van der Waals surface area contributed by atoms with E-state index in [4.69, 9.17) is 4.42 Å². The second-order valence-electron chi connectivity index (χ2n) is 9.03. The second-order valence-corrected chi connectivity index (χ2v) is 9.96. The summed E-state index contributed by atoms with van der Waals surface area (Å²) in [6.45, 7) is 1.74. The molecule has 0 saturated heterocycles. The molecule has 2 atom stereocenters. The van der Waals surface area contributed by atoms with Crippen LogP contribution < -0.4 is 5.32 Å². The Morgan fingerprint density at radius 2 is 1.89 bits per heavy atom. The van der Waals surface area contributed by atoms with Crippen molar-refractivity contribution in [2.24, 2.45) is 17.8 Å². The first-order valence-corrected chi connectivity index (χ1v) is 11.4. The minimum absolute atomic E-state index is 0. The van der Waals surface area contributed by atoms with Crippen molar-refractivity contribution in [2.45, 2.75) is 62.5 Å². The number of fused-ring (bicyclic) bond motifs is 1. The number of aryl methyl sites for hydroxylation is 1. The van der Waals surface area contributed by atoms with Gasteiger partial charge in [0.15, 0.2) is 0 Å². The highest BCUT2D eigenvalue weighted by Gasteiger charge is 2.48. The number of amides is 1. The maximum atomic E-state index is 12.2. The lowest BCUT2D eigenvalue weighted by molar-refractivity contribution is -0.113. The van der Waals surface area contributed by atoms with Gasteiger partial charge in [-0.1, -0.05) is 23.9 Å². The van der Waals surface area contributed by atoms with E-state index in [2.05, 4.69) is 39.8 Å². The fraction of sp³-hybridized carbons (Fsp3) is 0.591. The molecule has 4 aliphatic carbocycles. The summed E-state index contributed by atoms with van der Waals surface area (Å²) in [5, 5.41) is 11.1. The van der Waals surface area contributed by atoms with Gasteiger partial charge >= 0.3 is 0 Å². The van der Waals surface area contributed by atoms with Gasteiger partial charge in [0.2, 0.25) is 11.8 Å². The molecule has 1 aromatic carbocycles. The molecule has 6 rings (SSSR count). The second kappa shape index (κ2) is 7.21. The Labute approximate surface area is 171 Å². The lowest BCUT2D eigenvalue weighted by Crippen LogP contribution is -2.37. The number of anilines is 1. The van der Waals surface area contributed by atoms with Gasteiger partial charge in [-0.3, -0.25) is 4.79 Å². The zero-order chi connectivity index (χ0) is 19.1. The third-order valence-corrected chi connectivity index (χ3v) is 7.82. The lowest BCUT2D eigenvalue weighted by atomic mass is 9.59. The molecule has 5 nitrogen and oxygen atoms in total. The third-order valence-electron chi connectivity index (χ3n) is 7.01. The summed E-state index contributed by atoms with van der Waals surface area (Å²) in [6.07, 6.45) is 9.86. The molecule has 1 N–H and O–H groups in total. The number of carbonyl (C=O) groups excluding carboxylic acids is 1. The highest BCUT2D eigenvalue weighted by atomic mass is 32.2. The molecule has 0 spiro atoms. The Hall–Kier alpha value is -1.82. The van der Waals surface area contributed by atoms with Crippen LogP contribution in [0.25, 0.3) is 0 Å². The van der Waals surface area contributed by atoms with Crippen LogP contribution in [0.5, 0.6) is 0 Å². The summed E-state index contributed by atoms with van der Waals surface area (Å²) >= 11 is 1.26. The van der Waals surface area contributed by atoms with E-state index in [1.54, 1.807) is 6.92 Å². The number of hydrogen-bond acceptors (Lipinski definition) is 5. The largest absolute Gasteiger partial charge is 0.416 e. The van der Waals surface area contributed by atoms with Crippen molar-refractivity contribution < 1.29 is 10.6 Å². The molecule has 1 amide bonds. The summed E-state index contributed by atoms with van der Waals surface area (Å²) < 4.78 is 5.29. The van der Waals surface area contributed by atoms with E-state index >= 15 is 0 Å². The number of aromatic nitrogens is 2. The van der Waals surface area contributed by atoms with Crippen molar-refractivity contribution in [3.8, 4) is 0 Å². The molecule has 150 valence electrons. The molecule has 6 heteroatoms. The Bertz CT molecular complexity index is 855. The number of carbonyl (C=O) groups is 1. The van der Waals surface area contributed by atoms with Gasteiger partial charge in [0.05, 0.1) is 5.75 Å². The highest BCUT2D eigenvalue weighted by Crippen LogP contribution is 2.57. The van der Waals surface area contributed by atoms with Crippen LogP contribution in [0.1, 0.15) is 57.8 Å². The van der Waals surface area contributed by atoms with Crippen LogP contribution in [0, 0.1) is 24.7 Å². The predicted molar refractivity (Wildman–Crippen MR) is 111 cm³/mol. The third kappa shape index (κ3) is 3.59. The molecular weight excluding hydrogens is 370 g/mol. The number of rotatable bonds is 5. The number of nitrogens with one attached hydrogen (secondary N) is 1. The van der Waals surface area contributed by atoms with Crippen molar-refractivity contribution in [2.75, 3.05) is 11.1 Å². The summed E-state index contributed by atoms with van der Waals surface area (Å²) in [5.74, 6) is 3.57. The Balaban J connectivity index is 0.00000205. The van der Waals surface area contributed by atoms with E-state index < -0.39 is 0 Å². The number of thioether (sulfide) groups is 1. The zero-order valence-electron chi connectivity index (χ0n) is 16.3. The van der Waals surface area contributed by atoms with Gasteiger partial charge in [-0.2, -0.15) is 0 Å². The quantitative estimate of drug-likeness (QED) is 0.699. The van der Waals surface area contributed by atoms with Crippen LogP contribution in [0.4, 0.5) is 5.69 Å². The first-order chi connectivity index (χ1) is 13.6. The van der Waals surface area contributed by atoms with Gasteiger partial charge in [0.25, 0.3) is 5.22 Å². The van der Waals surface area contributed by atoms with Gasteiger partial charge in [-0.15, -0.1) is 10.2 Å². The molecule has 0 aliphatic heterocycles. The standard InChI is InChI=1S/C22H27N3O2S.H2/c1-14-24-25-21(27-14)28-13-20(26)23-19-4-2-18(3-5-19)22-7-6-15-8-16(11-22)10-17(9-15)12-22;/h2-5,15-17H,6-13H2,1H3,(H,23,26);1H. The molecule has 4 bridgehead atoms. The van der Waals surface area contributed by atoms with Crippen molar-refractivity contribution in [3.05, 3.63) is 35.7 Å². The van der Waals surface area contributed by atoms with Crippen LogP contribution in [-0.4, -0.2) is 21.9 Å². The zero-order valence-corrected chi connectivity index (χ0v) is 17.1. The van der Waals surface area contributed by atoms with Crippen molar-refractivity contribution >= 4 is 23.4 Å². The maximum Gasteiger partial charge on any atom is 0.277 e. The molecule has 2 unspecified atom stereocenters. The molecule has 28 heavy (non-hydrogen) atoms. The highest BCUT2D eigenvalue weighted by molar-refractivity contribution is 7.99. The van der Waals surface area contributed by atoms with E-state index in [0.29, 0.717) is 16.5 Å². The molecule has 1 heterocycles. The van der Waals surface area contributed by atoms with Gasteiger partial charge in [-0.05, 0) is 85.8 Å². The Morgan fingerprint density at radius 3 is 2.57 bits per heavy atom. The first-order valence-electron chi connectivity index (χ1n) is 10.4. The molecule has 4 fully saturated rings. The number of benzene rings is 1. The van der Waals surface area contributed by atoms with E-state index in [1.807, 2.05) is 0 Å². The number of nitrogens with zero attached hydrogens (tertiary/aromatic N) is 2. The molecule has 0 radical (unpaired) electrons. The van der Waals surface area contributed by atoms with Crippen LogP contribution >= 0.6 is 11.8 Å². The molecule has 4 aliphatic rings. The smallest absolute Gasteiger partial charge is 0.277 e. The Morgan fingerprint density at radius 1 is 1.18 bits per heavy atom. The summed E-state index contributed by atoms with van der Waals surface area (Å²) in [7, 11) is 0. The van der Waals surface area contributed by atoms with Crippen LogP contribution in [-0.2, 0) is 10.2 Å². The van der Waals surface area contributed by atoms with Crippen LogP contribution in [0.3, 0.4) is 0 Å². The van der Waals surface area contributed by atoms with Gasteiger partial charge in [0, 0.05) is 14.0 Å². The summed E-state index contributed by atoms with van der Waals surface area (Å²) in [6, 6.07) is 8.66. The van der Waals surface area contributed by atoms with E-state index in [1.165, 1.54) is 62.3 Å². The average Bonchev–Trinajstić information content (AvgIpc) is 2.99. The van der Waals surface area contributed by atoms with Crippen LogP contribution in [0.2, 0.25) is 0 Å². The van der Waals surface area contributed by atoms with Crippen LogP contribution in [0.15, 0.2) is 33.9 Å². The van der Waals surface area contributed by atoms with Gasteiger partial charge < -0.3 is 9.73 Å². The fourth-order valence-corrected chi connectivity index (χ4v) is 6.70. The minimum atomic E-state index is -0.0558. The molecule has 2 aromatic rings. The normalized spacial score (nSPS) is 31.0. The van der Waals surface area contributed by atoms with E-state index in [9.17, 15) is 4.79 Å². The van der Waals surface area contributed by atoms with E-state index in [-0.39, 0.29) is 13.1 Å². The fourth-order valence-electron chi connectivity index (χ4n) is 6.09. The molecule has 1 aromatic heterocycles. The minimum Gasteiger partial charge on any atom is -0.416 e.